The van der Waals surface area contributed by atoms with E-state index in [0.29, 0.717) is 48.8 Å². The van der Waals surface area contributed by atoms with Crippen LogP contribution in [0.15, 0.2) is 47.3 Å². The highest BCUT2D eigenvalue weighted by atomic mass is 16.6. The van der Waals surface area contributed by atoms with Gasteiger partial charge in [-0.05, 0) is 17.7 Å². The molecule has 0 saturated carbocycles. The van der Waals surface area contributed by atoms with Crippen molar-refractivity contribution in [2.75, 3.05) is 20.3 Å². The van der Waals surface area contributed by atoms with Gasteiger partial charge in [0.25, 0.3) is 5.91 Å². The molecule has 1 N–H and O–H groups in total. The molecule has 2 aliphatic heterocycles. The molecule has 0 radical (unpaired) electrons. The fraction of sp³-hybridized carbons (Fsp3) is 0.320. The molecule has 11 heteroatoms. The smallest absolute Gasteiger partial charge is 0.410 e. The summed E-state index contributed by atoms with van der Waals surface area (Å²) in [6.07, 6.45) is 3.47. The average molecular weight is 489 g/mol. The van der Waals surface area contributed by atoms with E-state index in [-0.39, 0.29) is 36.2 Å². The van der Waals surface area contributed by atoms with Gasteiger partial charge in [0, 0.05) is 32.0 Å². The molecule has 0 bridgehead atoms. The van der Waals surface area contributed by atoms with Crippen molar-refractivity contribution in [1.82, 2.24) is 20.2 Å². The number of nitriles is 1. The van der Waals surface area contributed by atoms with Crippen molar-refractivity contribution in [2.45, 2.75) is 31.5 Å². The van der Waals surface area contributed by atoms with Crippen LogP contribution >= 0.6 is 0 Å². The molecule has 2 amide bonds. The lowest BCUT2D eigenvalue weighted by Gasteiger charge is -2.32. The molecule has 2 fully saturated rings. The number of carbonyl (C=O) groups is 2. The van der Waals surface area contributed by atoms with Crippen molar-refractivity contribution in [1.29, 1.82) is 5.26 Å². The van der Waals surface area contributed by atoms with Crippen LogP contribution in [0.1, 0.15) is 34.3 Å². The lowest BCUT2D eigenvalue weighted by atomic mass is 10.0. The predicted octanol–water partition coefficient (Wildman–Crippen LogP) is 2.91. The summed E-state index contributed by atoms with van der Waals surface area (Å²) < 4.78 is 22.3. The van der Waals surface area contributed by atoms with E-state index in [1.165, 1.54) is 19.7 Å². The number of piperidine rings is 1. The van der Waals surface area contributed by atoms with Gasteiger partial charge in [-0.25, -0.2) is 14.8 Å². The molecular formula is C25H23N5O6. The topological polar surface area (TPSA) is 140 Å². The molecule has 4 heterocycles. The number of aromatic nitrogens is 2. The van der Waals surface area contributed by atoms with Crippen LogP contribution in [0.5, 0.6) is 11.6 Å². The van der Waals surface area contributed by atoms with E-state index in [0.717, 1.165) is 5.56 Å². The average Bonchev–Trinajstić information content (AvgIpc) is 3.57. The van der Waals surface area contributed by atoms with Crippen LogP contribution in [0.2, 0.25) is 0 Å². The first-order valence-electron chi connectivity index (χ1n) is 11.4. The molecule has 1 aromatic carbocycles. The van der Waals surface area contributed by atoms with Crippen LogP contribution in [0.3, 0.4) is 0 Å². The number of nitrogens with one attached hydrogen (secondary N) is 1. The van der Waals surface area contributed by atoms with Gasteiger partial charge >= 0.3 is 6.09 Å². The van der Waals surface area contributed by atoms with Crippen LogP contribution in [-0.2, 0) is 11.3 Å². The van der Waals surface area contributed by atoms with E-state index in [1.54, 1.807) is 35.2 Å². The summed E-state index contributed by atoms with van der Waals surface area (Å²) in [5.41, 5.74) is 1.93. The third-order valence-electron chi connectivity index (χ3n) is 6.19. The Kier molecular flexibility index (Phi) is 6.40. The SMILES string of the molecule is COc1nc(-c2cnco2)c(O[C@H]2CCN3C(=O)OC[C@@H]3C2)cc1C(=O)NCc1ccc(C#N)cc1. The molecule has 0 unspecified atom stereocenters. The minimum Gasteiger partial charge on any atom is -0.488 e. The van der Waals surface area contributed by atoms with Crippen molar-refractivity contribution in [3.8, 4) is 29.2 Å². The van der Waals surface area contributed by atoms with Crippen molar-refractivity contribution >= 4 is 12.0 Å². The zero-order valence-corrected chi connectivity index (χ0v) is 19.5. The van der Waals surface area contributed by atoms with Gasteiger partial charge in [-0.15, -0.1) is 0 Å². The highest BCUT2D eigenvalue weighted by Gasteiger charge is 2.39. The highest BCUT2D eigenvalue weighted by molar-refractivity contribution is 5.97. The number of pyridine rings is 1. The van der Waals surface area contributed by atoms with Gasteiger partial charge in [0.05, 0.1) is 31.0 Å². The molecule has 2 aromatic heterocycles. The molecule has 184 valence electrons. The number of benzene rings is 1. The van der Waals surface area contributed by atoms with Gasteiger partial charge in [-0.2, -0.15) is 5.26 Å². The fourth-order valence-corrected chi connectivity index (χ4v) is 4.32. The Hall–Kier alpha value is -4.59. The maximum Gasteiger partial charge on any atom is 0.410 e. The van der Waals surface area contributed by atoms with E-state index in [4.69, 9.17) is 23.9 Å². The van der Waals surface area contributed by atoms with Crippen molar-refractivity contribution in [3.63, 3.8) is 0 Å². The van der Waals surface area contributed by atoms with E-state index in [9.17, 15) is 9.59 Å². The predicted molar refractivity (Wildman–Crippen MR) is 124 cm³/mol. The molecule has 2 saturated heterocycles. The quantitative estimate of drug-likeness (QED) is 0.530. The molecule has 36 heavy (non-hydrogen) atoms. The first kappa shape index (κ1) is 23.2. The summed E-state index contributed by atoms with van der Waals surface area (Å²) in [7, 11) is 1.43. The Balaban J connectivity index is 1.39. The normalized spacial score (nSPS) is 18.7. The number of oxazole rings is 1. The minimum atomic E-state index is -0.401. The number of cyclic esters (lactones) is 1. The fourth-order valence-electron chi connectivity index (χ4n) is 4.32. The molecular weight excluding hydrogens is 466 g/mol. The molecule has 3 aromatic rings. The Morgan fingerprint density at radius 1 is 1.33 bits per heavy atom. The van der Waals surface area contributed by atoms with Crippen LogP contribution in [0, 0.1) is 11.3 Å². The lowest BCUT2D eigenvalue weighted by molar-refractivity contribution is 0.0912. The molecule has 11 nitrogen and oxygen atoms in total. The Morgan fingerprint density at radius 2 is 2.17 bits per heavy atom. The second-order valence-electron chi connectivity index (χ2n) is 8.44. The summed E-state index contributed by atoms with van der Waals surface area (Å²) >= 11 is 0. The number of hydrogen-bond acceptors (Lipinski definition) is 9. The molecule has 0 spiro atoms. The minimum absolute atomic E-state index is 0.0497. The first-order valence-corrected chi connectivity index (χ1v) is 11.4. The van der Waals surface area contributed by atoms with Crippen molar-refractivity contribution in [2.24, 2.45) is 0 Å². The monoisotopic (exact) mass is 489 g/mol. The van der Waals surface area contributed by atoms with Gasteiger partial charge < -0.3 is 28.8 Å². The number of hydrogen-bond donors (Lipinski definition) is 1. The number of methoxy groups -OCH3 is 1. The second kappa shape index (κ2) is 9.95. The summed E-state index contributed by atoms with van der Waals surface area (Å²) in [4.78, 5) is 35.1. The van der Waals surface area contributed by atoms with Gasteiger partial charge in [0.1, 0.15) is 24.0 Å². The third-order valence-corrected chi connectivity index (χ3v) is 6.19. The van der Waals surface area contributed by atoms with Crippen LogP contribution in [-0.4, -0.2) is 59.3 Å². The summed E-state index contributed by atoms with van der Waals surface area (Å²) in [5, 5.41) is 11.8. The Morgan fingerprint density at radius 3 is 2.89 bits per heavy atom. The number of rotatable bonds is 7. The standard InChI is InChI=1S/C25H23N5O6/c1-33-24-19(23(31)28-11-16-4-2-15(10-26)3-5-16)9-20(22(29-24)21-12-27-14-35-21)36-18-6-7-30-17(8-18)13-34-25(30)32/h2-5,9,12,14,17-18H,6-8,11,13H2,1H3,(H,28,31)/t17-,18-/m0/s1. The van der Waals surface area contributed by atoms with Crippen molar-refractivity contribution < 1.29 is 28.2 Å². The number of ether oxygens (including phenoxy) is 3. The van der Waals surface area contributed by atoms with Gasteiger partial charge in [-0.1, -0.05) is 12.1 Å². The number of carbonyl (C=O) groups excluding carboxylic acids is 2. The number of fused-ring (bicyclic) bond motifs is 1. The van der Waals surface area contributed by atoms with Gasteiger partial charge in [-0.3, -0.25) is 4.79 Å². The maximum atomic E-state index is 13.1. The zero-order chi connectivity index (χ0) is 25.1. The number of nitrogens with zero attached hydrogens (tertiary/aromatic N) is 4. The summed E-state index contributed by atoms with van der Waals surface area (Å²) in [6, 6.07) is 10.5. The van der Waals surface area contributed by atoms with E-state index in [2.05, 4.69) is 21.4 Å². The van der Waals surface area contributed by atoms with Crippen LogP contribution in [0.4, 0.5) is 4.79 Å². The summed E-state index contributed by atoms with van der Waals surface area (Å²) in [6.45, 7) is 1.10. The molecule has 0 aliphatic carbocycles. The van der Waals surface area contributed by atoms with E-state index >= 15 is 0 Å². The Labute approximate surface area is 206 Å². The summed E-state index contributed by atoms with van der Waals surface area (Å²) in [5.74, 6) is 0.419. The molecule has 5 rings (SSSR count). The van der Waals surface area contributed by atoms with E-state index < -0.39 is 5.91 Å². The first-order chi connectivity index (χ1) is 17.6. The maximum absolute atomic E-state index is 13.1. The van der Waals surface area contributed by atoms with E-state index in [1.807, 2.05) is 0 Å². The number of amides is 2. The third kappa shape index (κ3) is 4.65. The van der Waals surface area contributed by atoms with Gasteiger partial charge in [0.15, 0.2) is 17.8 Å². The zero-order valence-electron chi connectivity index (χ0n) is 19.5. The highest BCUT2D eigenvalue weighted by Crippen LogP contribution is 2.36. The van der Waals surface area contributed by atoms with Crippen LogP contribution < -0.4 is 14.8 Å². The second-order valence-corrected chi connectivity index (χ2v) is 8.44. The Bertz CT molecular complexity index is 1300. The van der Waals surface area contributed by atoms with Crippen LogP contribution in [0.25, 0.3) is 11.5 Å². The molecule has 2 atom stereocenters. The lowest BCUT2D eigenvalue weighted by Crippen LogP contribution is -2.44. The van der Waals surface area contributed by atoms with Gasteiger partial charge in [0.2, 0.25) is 5.88 Å². The largest absolute Gasteiger partial charge is 0.488 e. The molecule has 2 aliphatic rings. The van der Waals surface area contributed by atoms with Crippen molar-refractivity contribution in [3.05, 3.63) is 59.6 Å².